The Morgan fingerprint density at radius 1 is 1.30 bits per heavy atom. The van der Waals surface area contributed by atoms with E-state index in [1.165, 1.54) is 6.07 Å². The Kier molecular flexibility index (Phi) is 3.19. The summed E-state index contributed by atoms with van der Waals surface area (Å²) in [7, 11) is 0. The van der Waals surface area contributed by atoms with Gasteiger partial charge in [-0.05, 0) is 28.9 Å². The molecular formula is C15H22FN3O. The van der Waals surface area contributed by atoms with Crippen molar-refractivity contribution in [2.45, 2.75) is 27.7 Å². The molecule has 110 valence electrons. The van der Waals surface area contributed by atoms with Gasteiger partial charge >= 0.3 is 0 Å². The second kappa shape index (κ2) is 4.36. The van der Waals surface area contributed by atoms with Crippen LogP contribution >= 0.6 is 0 Å². The third kappa shape index (κ3) is 2.11. The zero-order valence-corrected chi connectivity index (χ0v) is 12.4. The Bertz CT molecular complexity index is 552. The molecule has 4 nitrogen and oxygen atoms in total. The van der Waals surface area contributed by atoms with Crippen LogP contribution in [0.2, 0.25) is 0 Å². The zero-order valence-electron chi connectivity index (χ0n) is 12.4. The lowest BCUT2D eigenvalue weighted by atomic mass is 10.0. The normalized spacial score (nSPS) is 19.6. The van der Waals surface area contributed by atoms with Gasteiger partial charge < -0.3 is 16.8 Å². The van der Waals surface area contributed by atoms with Gasteiger partial charge in [0.25, 0.3) is 5.91 Å². The number of benzene rings is 1. The summed E-state index contributed by atoms with van der Waals surface area (Å²) in [5.41, 5.74) is 11.7. The van der Waals surface area contributed by atoms with Gasteiger partial charge in [0.15, 0.2) is 0 Å². The lowest BCUT2D eigenvalue weighted by molar-refractivity contribution is 0.100. The fourth-order valence-corrected chi connectivity index (χ4v) is 2.99. The first-order chi connectivity index (χ1) is 9.09. The minimum Gasteiger partial charge on any atom is -0.398 e. The molecule has 5 N–H and O–H groups in total. The van der Waals surface area contributed by atoms with Crippen LogP contribution in [0.25, 0.3) is 0 Å². The third-order valence-electron chi connectivity index (χ3n) is 5.22. The highest BCUT2D eigenvalue weighted by atomic mass is 19.1. The maximum atomic E-state index is 13.9. The topological polar surface area (TPSA) is 81.1 Å². The first kappa shape index (κ1) is 14.6. The van der Waals surface area contributed by atoms with Crippen LogP contribution in [0.4, 0.5) is 15.8 Å². The molecule has 0 unspecified atom stereocenters. The van der Waals surface area contributed by atoms with Crippen molar-refractivity contribution in [2.75, 3.05) is 17.6 Å². The van der Waals surface area contributed by atoms with E-state index in [2.05, 4.69) is 33.0 Å². The summed E-state index contributed by atoms with van der Waals surface area (Å²) >= 11 is 0. The predicted octanol–water partition coefficient (Wildman–Crippen LogP) is 2.60. The smallest absolute Gasteiger partial charge is 0.250 e. The predicted molar refractivity (Wildman–Crippen MR) is 78.9 cm³/mol. The van der Waals surface area contributed by atoms with Gasteiger partial charge in [-0.2, -0.15) is 0 Å². The lowest BCUT2D eigenvalue weighted by Crippen LogP contribution is -2.16. The van der Waals surface area contributed by atoms with Crippen LogP contribution in [0.5, 0.6) is 0 Å². The Balaban J connectivity index is 2.15. The molecule has 1 fully saturated rings. The monoisotopic (exact) mass is 279 g/mol. The largest absolute Gasteiger partial charge is 0.398 e. The average Bonchev–Trinajstić information content (AvgIpc) is 2.68. The summed E-state index contributed by atoms with van der Waals surface area (Å²) in [5, 5.41) is 3.07. The van der Waals surface area contributed by atoms with Gasteiger partial charge in [-0.15, -0.1) is 0 Å². The minimum atomic E-state index is -0.655. The molecule has 0 aliphatic heterocycles. The van der Waals surface area contributed by atoms with E-state index in [-0.39, 0.29) is 27.8 Å². The number of halogens is 1. The van der Waals surface area contributed by atoms with E-state index in [1.807, 2.05) is 0 Å². The van der Waals surface area contributed by atoms with Crippen molar-refractivity contribution in [2.24, 2.45) is 22.5 Å². The average molecular weight is 279 g/mol. The number of carbonyl (C=O) groups is 1. The molecule has 20 heavy (non-hydrogen) atoms. The summed E-state index contributed by atoms with van der Waals surface area (Å²) in [6.07, 6.45) is 0. The van der Waals surface area contributed by atoms with Gasteiger partial charge in [-0.1, -0.05) is 27.7 Å². The molecule has 1 aliphatic rings. The van der Waals surface area contributed by atoms with Gasteiger partial charge in [0, 0.05) is 12.2 Å². The first-order valence-corrected chi connectivity index (χ1v) is 6.71. The molecule has 1 amide bonds. The Morgan fingerprint density at radius 2 is 1.85 bits per heavy atom. The Labute approximate surface area is 118 Å². The number of anilines is 2. The van der Waals surface area contributed by atoms with Crippen LogP contribution < -0.4 is 16.8 Å². The molecule has 1 aromatic rings. The number of primary amides is 1. The Hall–Kier alpha value is -1.78. The molecule has 0 spiro atoms. The molecule has 5 heteroatoms. The summed E-state index contributed by atoms with van der Waals surface area (Å²) in [4.78, 5) is 11.2. The van der Waals surface area contributed by atoms with Gasteiger partial charge in [-0.3, -0.25) is 4.79 Å². The maximum absolute atomic E-state index is 13.9. The summed E-state index contributed by atoms with van der Waals surface area (Å²) in [6.45, 7) is 9.46. The molecule has 0 radical (unpaired) electrons. The van der Waals surface area contributed by atoms with Gasteiger partial charge in [0.1, 0.15) is 5.82 Å². The van der Waals surface area contributed by atoms with E-state index in [0.717, 1.165) is 6.07 Å². The molecule has 1 saturated carbocycles. The number of hydrogen-bond donors (Lipinski definition) is 3. The van der Waals surface area contributed by atoms with E-state index in [4.69, 9.17) is 11.5 Å². The number of amides is 1. The van der Waals surface area contributed by atoms with Crippen LogP contribution in [-0.2, 0) is 0 Å². The van der Waals surface area contributed by atoms with Gasteiger partial charge in [0.05, 0.1) is 11.3 Å². The first-order valence-electron chi connectivity index (χ1n) is 6.71. The molecule has 0 heterocycles. The number of nitrogen functional groups attached to an aromatic ring is 1. The van der Waals surface area contributed by atoms with Crippen molar-refractivity contribution in [1.82, 2.24) is 0 Å². The fraction of sp³-hybridized carbons (Fsp3) is 0.533. The number of carbonyl (C=O) groups excluding carboxylic acids is 1. The number of rotatable bonds is 4. The zero-order chi connectivity index (χ0) is 15.3. The third-order valence-corrected chi connectivity index (χ3v) is 5.22. The van der Waals surface area contributed by atoms with Crippen molar-refractivity contribution in [3.8, 4) is 0 Å². The van der Waals surface area contributed by atoms with Crippen molar-refractivity contribution in [1.29, 1.82) is 0 Å². The van der Waals surface area contributed by atoms with Crippen molar-refractivity contribution in [3.63, 3.8) is 0 Å². The SMILES string of the molecule is CC1(C)C(CNc2cc(C(N)=O)c(N)cc2F)C1(C)C. The van der Waals surface area contributed by atoms with E-state index in [9.17, 15) is 9.18 Å². The second-order valence-electron chi connectivity index (χ2n) is 6.66. The highest BCUT2D eigenvalue weighted by Gasteiger charge is 2.64. The second-order valence-corrected chi connectivity index (χ2v) is 6.66. The number of nitrogens with two attached hydrogens (primary N) is 2. The van der Waals surface area contributed by atoms with Crippen LogP contribution in [0, 0.1) is 22.6 Å². The summed E-state index contributed by atoms with van der Waals surface area (Å²) in [5.74, 6) is -0.676. The molecule has 0 saturated heterocycles. The van der Waals surface area contributed by atoms with Gasteiger partial charge in [-0.25, -0.2) is 4.39 Å². The maximum Gasteiger partial charge on any atom is 0.250 e. The number of nitrogens with one attached hydrogen (secondary N) is 1. The van der Waals surface area contributed by atoms with Crippen LogP contribution in [0.15, 0.2) is 12.1 Å². The van der Waals surface area contributed by atoms with Crippen molar-refractivity contribution >= 4 is 17.3 Å². The lowest BCUT2D eigenvalue weighted by Gasteiger charge is -2.11. The molecule has 0 aromatic heterocycles. The van der Waals surface area contributed by atoms with Crippen LogP contribution in [0.1, 0.15) is 38.1 Å². The molecule has 1 aromatic carbocycles. The molecular weight excluding hydrogens is 257 g/mol. The van der Waals surface area contributed by atoms with Crippen molar-refractivity contribution < 1.29 is 9.18 Å². The molecule has 1 aliphatic carbocycles. The standard InChI is InChI=1S/C15H22FN3O/c1-14(2)12(15(14,3)4)7-19-11-5-8(13(18)20)10(17)6-9(11)16/h5-6,12,19H,7,17H2,1-4H3,(H2,18,20). The highest BCUT2D eigenvalue weighted by molar-refractivity contribution is 5.99. The fourth-order valence-electron chi connectivity index (χ4n) is 2.99. The quantitative estimate of drug-likeness (QED) is 0.741. The molecule has 2 rings (SSSR count). The number of hydrogen-bond acceptors (Lipinski definition) is 3. The highest BCUT2D eigenvalue weighted by Crippen LogP contribution is 2.68. The summed E-state index contributed by atoms with van der Waals surface area (Å²) < 4.78 is 13.9. The van der Waals surface area contributed by atoms with Crippen LogP contribution in [0.3, 0.4) is 0 Å². The van der Waals surface area contributed by atoms with E-state index in [1.54, 1.807) is 0 Å². The molecule has 0 atom stereocenters. The minimum absolute atomic E-state index is 0.0626. The van der Waals surface area contributed by atoms with E-state index >= 15 is 0 Å². The van der Waals surface area contributed by atoms with Crippen molar-refractivity contribution in [3.05, 3.63) is 23.5 Å². The van der Waals surface area contributed by atoms with E-state index in [0.29, 0.717) is 12.5 Å². The van der Waals surface area contributed by atoms with E-state index < -0.39 is 11.7 Å². The van der Waals surface area contributed by atoms with Crippen LogP contribution in [-0.4, -0.2) is 12.5 Å². The Morgan fingerprint density at radius 3 is 2.30 bits per heavy atom. The van der Waals surface area contributed by atoms with Gasteiger partial charge in [0.2, 0.25) is 0 Å². The molecule has 0 bridgehead atoms. The summed E-state index contributed by atoms with van der Waals surface area (Å²) in [6, 6.07) is 2.51.